The number of hydrogen-bond donors (Lipinski definition) is 1. The molecular formula is C15H21FN2O. The molecule has 0 aromatic heterocycles. The second kappa shape index (κ2) is 4.93. The fourth-order valence-electron chi connectivity index (χ4n) is 2.53. The van der Waals surface area contributed by atoms with E-state index in [0.29, 0.717) is 18.7 Å². The fourth-order valence-corrected chi connectivity index (χ4v) is 2.53. The highest BCUT2D eigenvalue weighted by molar-refractivity contribution is 5.94. The van der Waals surface area contributed by atoms with Gasteiger partial charge in [-0.1, -0.05) is 26.0 Å². The molecule has 1 aliphatic heterocycles. The molecule has 0 saturated carbocycles. The average molecular weight is 264 g/mol. The van der Waals surface area contributed by atoms with E-state index in [-0.39, 0.29) is 22.9 Å². The van der Waals surface area contributed by atoms with E-state index in [1.54, 1.807) is 30.0 Å². The monoisotopic (exact) mass is 264 g/mol. The van der Waals surface area contributed by atoms with Crippen LogP contribution in [0, 0.1) is 18.2 Å². The molecule has 1 aliphatic rings. The lowest BCUT2D eigenvalue weighted by atomic mass is 9.79. The molecule has 1 heterocycles. The molecule has 0 aliphatic carbocycles. The quantitative estimate of drug-likeness (QED) is 0.846. The zero-order valence-electron chi connectivity index (χ0n) is 11.7. The molecule has 1 unspecified atom stereocenters. The predicted octanol–water partition coefficient (Wildman–Crippen LogP) is 2.33. The first-order chi connectivity index (χ1) is 8.83. The van der Waals surface area contributed by atoms with Crippen molar-refractivity contribution in [2.75, 3.05) is 13.1 Å². The van der Waals surface area contributed by atoms with Crippen LogP contribution in [0.4, 0.5) is 4.39 Å². The molecule has 1 aromatic rings. The third-order valence-corrected chi connectivity index (χ3v) is 4.02. The summed E-state index contributed by atoms with van der Waals surface area (Å²) in [7, 11) is 0. The summed E-state index contributed by atoms with van der Waals surface area (Å²) in [4.78, 5) is 14.1. The van der Waals surface area contributed by atoms with Crippen LogP contribution in [0.15, 0.2) is 18.2 Å². The number of aryl methyl sites for hydroxylation is 1. The van der Waals surface area contributed by atoms with Crippen molar-refractivity contribution >= 4 is 5.91 Å². The molecule has 1 atom stereocenters. The van der Waals surface area contributed by atoms with Crippen molar-refractivity contribution in [2.45, 2.75) is 33.2 Å². The molecule has 104 valence electrons. The van der Waals surface area contributed by atoms with Crippen LogP contribution in [0.1, 0.15) is 36.2 Å². The minimum Gasteiger partial charge on any atom is -0.338 e. The number of nitrogens with zero attached hydrogens (tertiary/aromatic N) is 1. The fraction of sp³-hybridized carbons (Fsp3) is 0.533. The van der Waals surface area contributed by atoms with Crippen LogP contribution in [-0.2, 0) is 0 Å². The first kappa shape index (κ1) is 14.0. The number of benzene rings is 1. The number of nitrogens with two attached hydrogens (primary N) is 1. The van der Waals surface area contributed by atoms with E-state index in [4.69, 9.17) is 5.73 Å². The molecule has 2 N–H and O–H groups in total. The maximum Gasteiger partial charge on any atom is 0.256 e. The number of piperidine rings is 1. The zero-order valence-corrected chi connectivity index (χ0v) is 11.7. The molecule has 1 amide bonds. The van der Waals surface area contributed by atoms with Gasteiger partial charge in [-0.05, 0) is 30.4 Å². The standard InChI is InChI=1S/C15H21FN2O/c1-10-5-4-6-11(13(10)16)14(19)18-8-7-12(17)15(2,3)9-18/h4-6,12H,7-9,17H2,1-3H3. The number of likely N-dealkylation sites (tertiary alicyclic amines) is 1. The van der Waals surface area contributed by atoms with Crippen LogP contribution in [0.5, 0.6) is 0 Å². The molecule has 19 heavy (non-hydrogen) atoms. The highest BCUT2D eigenvalue weighted by atomic mass is 19.1. The molecular weight excluding hydrogens is 243 g/mol. The van der Waals surface area contributed by atoms with Gasteiger partial charge in [0.15, 0.2) is 0 Å². The summed E-state index contributed by atoms with van der Waals surface area (Å²) in [6.45, 7) is 6.92. The average Bonchev–Trinajstić information content (AvgIpc) is 2.35. The van der Waals surface area contributed by atoms with Crippen LogP contribution in [0.25, 0.3) is 0 Å². The van der Waals surface area contributed by atoms with Crippen molar-refractivity contribution < 1.29 is 9.18 Å². The summed E-state index contributed by atoms with van der Waals surface area (Å²) < 4.78 is 14.0. The van der Waals surface area contributed by atoms with Gasteiger partial charge in [0.05, 0.1) is 5.56 Å². The zero-order chi connectivity index (χ0) is 14.2. The Hall–Kier alpha value is -1.42. The van der Waals surface area contributed by atoms with Crippen LogP contribution in [0.2, 0.25) is 0 Å². The Morgan fingerprint density at radius 2 is 2.16 bits per heavy atom. The Balaban J connectivity index is 2.23. The summed E-state index contributed by atoms with van der Waals surface area (Å²) in [5, 5.41) is 0. The first-order valence-electron chi connectivity index (χ1n) is 6.63. The van der Waals surface area contributed by atoms with E-state index in [1.807, 2.05) is 13.8 Å². The van der Waals surface area contributed by atoms with E-state index in [0.717, 1.165) is 6.42 Å². The van der Waals surface area contributed by atoms with E-state index in [9.17, 15) is 9.18 Å². The lowest BCUT2D eigenvalue weighted by Crippen LogP contribution is -2.54. The summed E-state index contributed by atoms with van der Waals surface area (Å²) in [5.41, 5.74) is 6.58. The number of rotatable bonds is 1. The van der Waals surface area contributed by atoms with Gasteiger partial charge < -0.3 is 10.6 Å². The Morgan fingerprint density at radius 3 is 2.79 bits per heavy atom. The number of carbonyl (C=O) groups excluding carboxylic acids is 1. The molecule has 4 heteroatoms. The topological polar surface area (TPSA) is 46.3 Å². The maximum atomic E-state index is 14.0. The summed E-state index contributed by atoms with van der Waals surface area (Å²) >= 11 is 0. The first-order valence-corrected chi connectivity index (χ1v) is 6.63. The van der Waals surface area contributed by atoms with Crippen molar-refractivity contribution in [1.29, 1.82) is 0 Å². The third-order valence-electron chi connectivity index (χ3n) is 4.02. The van der Waals surface area contributed by atoms with E-state index < -0.39 is 5.82 Å². The normalized spacial score (nSPS) is 22.4. The van der Waals surface area contributed by atoms with Gasteiger partial charge in [0.25, 0.3) is 5.91 Å². The van der Waals surface area contributed by atoms with Crippen LogP contribution in [-0.4, -0.2) is 29.9 Å². The van der Waals surface area contributed by atoms with Gasteiger partial charge in [-0.15, -0.1) is 0 Å². The lowest BCUT2D eigenvalue weighted by Gasteiger charge is -2.42. The Morgan fingerprint density at radius 1 is 1.47 bits per heavy atom. The van der Waals surface area contributed by atoms with E-state index >= 15 is 0 Å². The van der Waals surface area contributed by atoms with Crippen molar-refractivity contribution in [3.8, 4) is 0 Å². The highest BCUT2D eigenvalue weighted by Gasteiger charge is 2.36. The largest absolute Gasteiger partial charge is 0.338 e. The SMILES string of the molecule is Cc1cccc(C(=O)N2CCC(N)C(C)(C)C2)c1F. The van der Waals surface area contributed by atoms with E-state index in [1.165, 1.54) is 0 Å². The van der Waals surface area contributed by atoms with Gasteiger partial charge in [-0.3, -0.25) is 4.79 Å². The smallest absolute Gasteiger partial charge is 0.256 e. The summed E-state index contributed by atoms with van der Waals surface area (Å²) in [6.07, 6.45) is 0.756. The van der Waals surface area contributed by atoms with Gasteiger partial charge in [-0.25, -0.2) is 4.39 Å². The molecule has 0 spiro atoms. The molecule has 0 bridgehead atoms. The molecule has 3 nitrogen and oxygen atoms in total. The minimum atomic E-state index is -0.417. The molecule has 1 aromatic carbocycles. The van der Waals surface area contributed by atoms with Crippen molar-refractivity contribution in [3.63, 3.8) is 0 Å². The summed E-state index contributed by atoms with van der Waals surface area (Å²) in [6, 6.07) is 5.01. The number of carbonyl (C=O) groups is 1. The van der Waals surface area contributed by atoms with Crippen molar-refractivity contribution in [1.82, 2.24) is 4.90 Å². The minimum absolute atomic E-state index is 0.0823. The molecule has 1 saturated heterocycles. The van der Waals surface area contributed by atoms with Crippen molar-refractivity contribution in [2.24, 2.45) is 11.1 Å². The van der Waals surface area contributed by atoms with E-state index in [2.05, 4.69) is 0 Å². The van der Waals surface area contributed by atoms with Gasteiger partial charge in [0.2, 0.25) is 0 Å². The van der Waals surface area contributed by atoms with Gasteiger partial charge in [0, 0.05) is 19.1 Å². The predicted molar refractivity (Wildman–Crippen MR) is 73.4 cm³/mol. The third kappa shape index (κ3) is 2.63. The Kier molecular flexibility index (Phi) is 3.63. The van der Waals surface area contributed by atoms with Gasteiger partial charge in [0.1, 0.15) is 5.82 Å². The number of halogens is 1. The second-order valence-electron chi connectivity index (χ2n) is 6.05. The lowest BCUT2D eigenvalue weighted by molar-refractivity contribution is 0.0528. The van der Waals surface area contributed by atoms with Crippen molar-refractivity contribution in [3.05, 3.63) is 35.1 Å². The maximum absolute atomic E-state index is 14.0. The number of hydrogen-bond acceptors (Lipinski definition) is 2. The number of amides is 1. The van der Waals surface area contributed by atoms with Crippen LogP contribution >= 0.6 is 0 Å². The molecule has 2 rings (SSSR count). The second-order valence-corrected chi connectivity index (χ2v) is 6.05. The van der Waals surface area contributed by atoms with Crippen LogP contribution in [0.3, 0.4) is 0 Å². The molecule has 0 radical (unpaired) electrons. The summed E-state index contributed by atoms with van der Waals surface area (Å²) in [5.74, 6) is -0.652. The van der Waals surface area contributed by atoms with Gasteiger partial charge in [-0.2, -0.15) is 0 Å². The highest BCUT2D eigenvalue weighted by Crippen LogP contribution is 2.29. The Labute approximate surface area is 113 Å². The molecule has 1 fully saturated rings. The van der Waals surface area contributed by atoms with Gasteiger partial charge >= 0.3 is 0 Å². The Bertz CT molecular complexity index is 499. The van der Waals surface area contributed by atoms with Crippen LogP contribution < -0.4 is 5.73 Å².